The van der Waals surface area contributed by atoms with Crippen molar-refractivity contribution in [1.82, 2.24) is 19.6 Å². The minimum atomic E-state index is -0.864. The van der Waals surface area contributed by atoms with Gasteiger partial charge in [0.25, 0.3) is 0 Å². The molecule has 1 aromatic carbocycles. The van der Waals surface area contributed by atoms with Gasteiger partial charge in [0.05, 0.1) is 19.1 Å². The summed E-state index contributed by atoms with van der Waals surface area (Å²) in [5, 5.41) is 10.4. The van der Waals surface area contributed by atoms with E-state index >= 15 is 0 Å². The Bertz CT molecular complexity index is 988. The summed E-state index contributed by atoms with van der Waals surface area (Å²) in [6.07, 6.45) is 3.19. The number of amides is 3. The maximum absolute atomic E-state index is 13.4. The number of likely N-dealkylation sites (tertiary alicyclic amines) is 1. The number of carboxylic acid groups (broad SMARTS) is 1. The Kier molecular flexibility index (Phi) is 8.91. The number of nitrogens with two attached hydrogens (primary N) is 1. The van der Waals surface area contributed by atoms with Crippen LogP contribution in [0.3, 0.4) is 0 Å². The number of aliphatic carboxylic acids is 1. The molecular weight excluding hydrogens is 474 g/mol. The second-order valence-electron chi connectivity index (χ2n) is 10.4. The molecule has 1 aromatic rings. The first kappa shape index (κ1) is 27.2. The van der Waals surface area contributed by atoms with Crippen LogP contribution in [-0.4, -0.2) is 115 Å². The number of nitrogens with zero attached hydrogens (tertiary/aromatic N) is 4. The zero-order valence-electron chi connectivity index (χ0n) is 22.1. The van der Waals surface area contributed by atoms with Gasteiger partial charge in [0.15, 0.2) is 0 Å². The maximum atomic E-state index is 13.4. The molecule has 3 aliphatic rings. The van der Waals surface area contributed by atoms with Gasteiger partial charge in [-0.3, -0.25) is 14.5 Å². The van der Waals surface area contributed by atoms with Crippen LogP contribution in [0.4, 0.5) is 4.79 Å². The number of likely N-dealkylation sites (N-methyl/N-ethyl adjacent to an activating group) is 1. The van der Waals surface area contributed by atoms with Gasteiger partial charge in [-0.25, -0.2) is 4.79 Å². The van der Waals surface area contributed by atoms with Crippen LogP contribution in [0.25, 0.3) is 0 Å². The molecule has 0 spiro atoms. The Morgan fingerprint density at radius 3 is 2.73 bits per heavy atom. The zero-order valence-corrected chi connectivity index (χ0v) is 22.1. The van der Waals surface area contributed by atoms with Crippen molar-refractivity contribution in [2.24, 2.45) is 11.7 Å². The maximum Gasteiger partial charge on any atom is 0.319 e. The zero-order chi connectivity index (χ0) is 26.5. The van der Waals surface area contributed by atoms with Gasteiger partial charge < -0.3 is 30.3 Å². The number of carbonyl (C=O) groups excluding carboxylic acids is 2. The van der Waals surface area contributed by atoms with Crippen LogP contribution in [0.2, 0.25) is 0 Å². The summed E-state index contributed by atoms with van der Waals surface area (Å²) >= 11 is 0. The smallest absolute Gasteiger partial charge is 0.319 e. The van der Waals surface area contributed by atoms with E-state index in [-0.39, 0.29) is 30.4 Å². The lowest BCUT2D eigenvalue weighted by molar-refractivity contribution is -0.143. The molecule has 2 saturated heterocycles. The number of hydrogen-bond acceptors (Lipinski definition) is 6. The molecule has 3 unspecified atom stereocenters. The number of unbranched alkanes of at least 4 members (excludes halogenated alkanes) is 1. The predicted molar refractivity (Wildman–Crippen MR) is 140 cm³/mol. The van der Waals surface area contributed by atoms with Gasteiger partial charge in [0.1, 0.15) is 5.75 Å². The van der Waals surface area contributed by atoms with Crippen molar-refractivity contribution in [3.8, 4) is 5.75 Å². The third-order valence-electron chi connectivity index (χ3n) is 8.04. The van der Waals surface area contributed by atoms with E-state index in [4.69, 9.17) is 10.5 Å². The van der Waals surface area contributed by atoms with E-state index < -0.39 is 11.9 Å². The molecule has 3 amide bonds. The van der Waals surface area contributed by atoms with Crippen LogP contribution in [0.5, 0.6) is 5.75 Å². The van der Waals surface area contributed by atoms with Crippen LogP contribution in [0.15, 0.2) is 18.2 Å². The molecular formula is C27H41N5O5. The fraction of sp³-hybridized carbons (Fsp3) is 0.667. The number of urea groups is 1. The minimum Gasteiger partial charge on any atom is -0.493 e. The highest BCUT2D eigenvalue weighted by Crippen LogP contribution is 2.41. The third-order valence-corrected chi connectivity index (χ3v) is 8.04. The molecule has 0 saturated carbocycles. The van der Waals surface area contributed by atoms with E-state index in [1.807, 2.05) is 17.0 Å². The summed E-state index contributed by atoms with van der Waals surface area (Å²) in [6.45, 7) is 6.65. The summed E-state index contributed by atoms with van der Waals surface area (Å²) in [7, 11) is 1.78. The molecule has 3 heterocycles. The number of ether oxygens (including phenoxy) is 1. The van der Waals surface area contributed by atoms with Gasteiger partial charge in [-0.2, -0.15) is 0 Å². The first-order valence-electron chi connectivity index (χ1n) is 13.5. The Morgan fingerprint density at radius 2 is 2.05 bits per heavy atom. The average molecular weight is 516 g/mol. The average Bonchev–Trinajstić information content (AvgIpc) is 3.58. The summed E-state index contributed by atoms with van der Waals surface area (Å²) in [5.74, 6) is -0.953. The largest absolute Gasteiger partial charge is 0.493 e. The fourth-order valence-electron chi connectivity index (χ4n) is 5.97. The first-order valence-corrected chi connectivity index (χ1v) is 13.5. The van der Waals surface area contributed by atoms with E-state index in [1.54, 1.807) is 21.7 Å². The van der Waals surface area contributed by atoms with Gasteiger partial charge in [-0.15, -0.1) is 0 Å². The Hall–Kier alpha value is -2.85. The molecule has 3 aliphatic heterocycles. The Balaban J connectivity index is 1.58. The van der Waals surface area contributed by atoms with Gasteiger partial charge in [0.2, 0.25) is 5.91 Å². The molecule has 0 radical (unpaired) electrons. The SMILES string of the molecule is CCCCN(CCN)C(=O)CN1CC(c2ccc3c(c2)CCO3)C(C(=O)O)C1CCN1CCN(C)C1=O. The molecule has 0 aromatic heterocycles. The van der Waals surface area contributed by atoms with Crippen molar-refractivity contribution < 1.29 is 24.2 Å². The summed E-state index contributed by atoms with van der Waals surface area (Å²) in [4.78, 5) is 45.8. The van der Waals surface area contributed by atoms with Gasteiger partial charge in [-0.1, -0.05) is 25.5 Å². The number of carbonyl (C=O) groups is 3. The normalized spacial score (nSPS) is 23.4. The highest BCUT2D eigenvalue weighted by molar-refractivity contribution is 5.79. The van der Waals surface area contributed by atoms with Gasteiger partial charge in [0, 0.05) is 71.2 Å². The lowest BCUT2D eigenvalue weighted by atomic mass is 9.83. The molecule has 4 rings (SSSR count). The molecule has 10 heteroatoms. The number of rotatable bonds is 12. The number of benzene rings is 1. The summed E-state index contributed by atoms with van der Waals surface area (Å²) in [5.41, 5.74) is 7.86. The molecule has 204 valence electrons. The lowest BCUT2D eigenvalue weighted by Crippen LogP contribution is -2.46. The quantitative estimate of drug-likeness (QED) is 0.432. The molecule has 3 atom stereocenters. The standard InChI is InChI=1S/C27H41N5O5/c1-3-4-10-30(12-9-28)24(33)18-32-17-21(19-5-6-23-20(16-19)8-15-37-23)25(26(34)35)22(32)7-11-31-14-13-29(2)27(31)36/h5-6,16,21-22,25H,3-4,7-15,17-18,28H2,1-2H3,(H,34,35). The predicted octanol–water partition coefficient (Wildman–Crippen LogP) is 1.44. The third kappa shape index (κ3) is 6.01. The molecule has 2 fully saturated rings. The van der Waals surface area contributed by atoms with E-state index in [2.05, 4.69) is 13.0 Å². The number of hydrogen-bond donors (Lipinski definition) is 2. The molecule has 10 nitrogen and oxygen atoms in total. The molecule has 0 bridgehead atoms. The van der Waals surface area contributed by atoms with Crippen molar-refractivity contribution in [3.05, 3.63) is 29.3 Å². The van der Waals surface area contributed by atoms with E-state index in [0.29, 0.717) is 58.8 Å². The van der Waals surface area contributed by atoms with E-state index in [9.17, 15) is 19.5 Å². The number of carboxylic acids is 1. The molecule has 0 aliphatic carbocycles. The van der Waals surface area contributed by atoms with E-state index in [0.717, 1.165) is 36.1 Å². The van der Waals surface area contributed by atoms with E-state index in [1.165, 1.54) is 0 Å². The van der Waals surface area contributed by atoms with Crippen molar-refractivity contribution in [2.75, 3.05) is 66.0 Å². The monoisotopic (exact) mass is 515 g/mol. The van der Waals surface area contributed by atoms with Crippen molar-refractivity contribution in [1.29, 1.82) is 0 Å². The van der Waals surface area contributed by atoms with Crippen molar-refractivity contribution >= 4 is 17.9 Å². The van der Waals surface area contributed by atoms with Crippen LogP contribution in [-0.2, 0) is 16.0 Å². The van der Waals surface area contributed by atoms with Crippen LogP contribution >= 0.6 is 0 Å². The second kappa shape index (κ2) is 12.1. The van der Waals surface area contributed by atoms with Gasteiger partial charge in [-0.05, 0) is 30.0 Å². The lowest BCUT2D eigenvalue weighted by Gasteiger charge is -2.30. The minimum absolute atomic E-state index is 0.0203. The Labute approximate surface area is 219 Å². The first-order chi connectivity index (χ1) is 17.8. The van der Waals surface area contributed by atoms with Crippen molar-refractivity contribution in [2.45, 2.75) is 44.6 Å². The van der Waals surface area contributed by atoms with Crippen LogP contribution in [0, 0.1) is 5.92 Å². The summed E-state index contributed by atoms with van der Waals surface area (Å²) < 4.78 is 5.65. The highest BCUT2D eigenvalue weighted by Gasteiger charge is 2.47. The van der Waals surface area contributed by atoms with Crippen molar-refractivity contribution in [3.63, 3.8) is 0 Å². The highest BCUT2D eigenvalue weighted by atomic mass is 16.5. The second-order valence-corrected chi connectivity index (χ2v) is 10.4. The Morgan fingerprint density at radius 1 is 1.24 bits per heavy atom. The van der Waals surface area contributed by atoms with Gasteiger partial charge >= 0.3 is 12.0 Å². The van der Waals surface area contributed by atoms with Crippen LogP contribution in [0.1, 0.15) is 43.2 Å². The topological polar surface area (TPSA) is 120 Å². The summed E-state index contributed by atoms with van der Waals surface area (Å²) in [6, 6.07) is 5.59. The molecule has 3 N–H and O–H groups in total. The molecule has 37 heavy (non-hydrogen) atoms. The number of fused-ring (bicyclic) bond motifs is 1. The van der Waals surface area contributed by atoms with Crippen LogP contribution < -0.4 is 10.5 Å². The fourth-order valence-corrected chi connectivity index (χ4v) is 5.97.